The van der Waals surface area contributed by atoms with Crippen LogP contribution in [0.3, 0.4) is 0 Å². The fraction of sp³-hybridized carbons (Fsp3) is 0.316. The minimum Gasteiger partial charge on any atom is -0.305 e. The van der Waals surface area contributed by atoms with Crippen LogP contribution in [0.15, 0.2) is 24.4 Å². The summed E-state index contributed by atoms with van der Waals surface area (Å²) in [6.07, 6.45) is 3.16. The van der Waals surface area contributed by atoms with Gasteiger partial charge in [0.25, 0.3) is 5.91 Å². The number of halogens is 1. The number of aromatic nitrogens is 3. The SMILES string of the molecule is Cc1cc(F)c2c(c1)CCCN2C(=O)c1cnc2c(c1)c(C)nn2C. The molecule has 1 aliphatic heterocycles. The number of aryl methyl sites for hydroxylation is 4. The molecule has 128 valence electrons. The van der Waals surface area contributed by atoms with Gasteiger partial charge in [-0.3, -0.25) is 9.48 Å². The summed E-state index contributed by atoms with van der Waals surface area (Å²) in [5.41, 5.74) is 4.18. The van der Waals surface area contributed by atoms with Crippen LogP contribution < -0.4 is 4.90 Å². The first-order valence-electron chi connectivity index (χ1n) is 8.36. The Kier molecular flexibility index (Phi) is 3.56. The van der Waals surface area contributed by atoms with Crippen molar-refractivity contribution in [3.8, 4) is 0 Å². The molecule has 5 nitrogen and oxygen atoms in total. The average molecular weight is 338 g/mol. The maximum Gasteiger partial charge on any atom is 0.259 e. The van der Waals surface area contributed by atoms with Crippen LogP contribution in [-0.4, -0.2) is 27.2 Å². The predicted molar refractivity (Wildman–Crippen MR) is 94.4 cm³/mol. The zero-order valence-corrected chi connectivity index (χ0v) is 14.5. The van der Waals surface area contributed by atoms with Crippen LogP contribution in [0.2, 0.25) is 0 Å². The molecule has 0 unspecified atom stereocenters. The molecule has 0 bridgehead atoms. The summed E-state index contributed by atoms with van der Waals surface area (Å²) in [4.78, 5) is 19.0. The molecule has 0 saturated carbocycles. The molecule has 1 amide bonds. The third-order valence-corrected chi connectivity index (χ3v) is 4.74. The summed E-state index contributed by atoms with van der Waals surface area (Å²) in [7, 11) is 1.82. The molecule has 0 spiro atoms. The van der Waals surface area contributed by atoms with Crippen LogP contribution in [-0.2, 0) is 13.5 Å². The van der Waals surface area contributed by atoms with Crippen molar-refractivity contribution < 1.29 is 9.18 Å². The van der Waals surface area contributed by atoms with E-state index in [0.717, 1.165) is 40.7 Å². The zero-order chi connectivity index (χ0) is 17.7. The molecule has 1 aliphatic rings. The van der Waals surface area contributed by atoms with Crippen molar-refractivity contribution in [2.24, 2.45) is 7.05 Å². The number of pyridine rings is 1. The molecular weight excluding hydrogens is 319 g/mol. The second-order valence-corrected chi connectivity index (χ2v) is 6.62. The maximum atomic E-state index is 14.6. The molecule has 1 aromatic carbocycles. The van der Waals surface area contributed by atoms with E-state index in [1.807, 2.05) is 27.0 Å². The molecule has 2 aromatic heterocycles. The smallest absolute Gasteiger partial charge is 0.259 e. The molecule has 3 heterocycles. The fourth-order valence-electron chi connectivity index (χ4n) is 3.62. The first-order valence-corrected chi connectivity index (χ1v) is 8.36. The van der Waals surface area contributed by atoms with Crippen molar-refractivity contribution in [2.75, 3.05) is 11.4 Å². The third-order valence-electron chi connectivity index (χ3n) is 4.74. The van der Waals surface area contributed by atoms with E-state index >= 15 is 0 Å². The number of hydrogen-bond acceptors (Lipinski definition) is 3. The van der Waals surface area contributed by atoms with Crippen LogP contribution in [0, 0.1) is 19.7 Å². The van der Waals surface area contributed by atoms with Crippen molar-refractivity contribution in [3.63, 3.8) is 0 Å². The van der Waals surface area contributed by atoms with Crippen molar-refractivity contribution in [1.29, 1.82) is 0 Å². The number of hydrogen-bond donors (Lipinski definition) is 0. The Morgan fingerprint density at radius 2 is 2.04 bits per heavy atom. The lowest BCUT2D eigenvalue weighted by Gasteiger charge is -2.30. The van der Waals surface area contributed by atoms with Gasteiger partial charge in [-0.05, 0) is 49.9 Å². The zero-order valence-electron chi connectivity index (χ0n) is 14.5. The Bertz CT molecular complexity index is 1010. The van der Waals surface area contributed by atoms with Crippen molar-refractivity contribution in [3.05, 3.63) is 52.6 Å². The van der Waals surface area contributed by atoms with Gasteiger partial charge in [0.1, 0.15) is 5.82 Å². The van der Waals surface area contributed by atoms with Gasteiger partial charge < -0.3 is 4.90 Å². The van der Waals surface area contributed by atoms with Gasteiger partial charge in [0.15, 0.2) is 5.65 Å². The number of amides is 1. The first-order chi connectivity index (χ1) is 12.0. The van der Waals surface area contributed by atoms with E-state index in [1.165, 1.54) is 6.07 Å². The molecule has 3 aromatic rings. The lowest BCUT2D eigenvalue weighted by Crippen LogP contribution is -2.36. The Hall–Kier alpha value is -2.76. The number of nitrogens with zero attached hydrogens (tertiary/aromatic N) is 4. The quantitative estimate of drug-likeness (QED) is 0.684. The summed E-state index contributed by atoms with van der Waals surface area (Å²) in [6, 6.07) is 5.25. The number of anilines is 1. The van der Waals surface area contributed by atoms with Crippen LogP contribution in [0.5, 0.6) is 0 Å². The van der Waals surface area contributed by atoms with Gasteiger partial charge in [0, 0.05) is 25.2 Å². The van der Waals surface area contributed by atoms with Crippen LogP contribution >= 0.6 is 0 Å². The van der Waals surface area contributed by atoms with E-state index in [2.05, 4.69) is 10.1 Å². The van der Waals surface area contributed by atoms with Gasteiger partial charge in [0.05, 0.1) is 16.9 Å². The average Bonchev–Trinajstić information content (AvgIpc) is 2.87. The number of benzene rings is 1. The molecular formula is C19H19FN4O. The standard InChI is InChI=1S/C19H19FN4O/c1-11-7-13-5-4-6-24(17(13)16(20)8-11)19(25)14-9-15-12(2)22-23(3)18(15)21-10-14/h7-10H,4-6H2,1-3H3. The molecule has 0 radical (unpaired) electrons. The Labute approximate surface area is 145 Å². The van der Waals surface area contributed by atoms with Crippen LogP contribution in [0.4, 0.5) is 10.1 Å². The second-order valence-electron chi connectivity index (χ2n) is 6.62. The molecule has 0 saturated heterocycles. The van der Waals surface area contributed by atoms with Crippen molar-refractivity contribution >= 4 is 22.6 Å². The number of fused-ring (bicyclic) bond motifs is 2. The Balaban J connectivity index is 1.79. The predicted octanol–water partition coefficient (Wildman–Crippen LogP) is 3.32. The molecule has 25 heavy (non-hydrogen) atoms. The van der Waals surface area contributed by atoms with Crippen LogP contribution in [0.1, 0.15) is 33.6 Å². The number of carbonyl (C=O) groups excluding carboxylic acids is 1. The number of carbonyl (C=O) groups is 1. The van der Waals surface area contributed by atoms with Gasteiger partial charge in [0.2, 0.25) is 0 Å². The van der Waals surface area contributed by atoms with E-state index in [1.54, 1.807) is 21.8 Å². The highest BCUT2D eigenvalue weighted by molar-refractivity contribution is 6.08. The molecule has 4 rings (SSSR count). The summed E-state index contributed by atoms with van der Waals surface area (Å²) in [5, 5.41) is 5.17. The number of rotatable bonds is 1. The topological polar surface area (TPSA) is 51.0 Å². The molecule has 0 aliphatic carbocycles. The van der Waals surface area contributed by atoms with Gasteiger partial charge in [-0.2, -0.15) is 5.10 Å². The molecule has 0 atom stereocenters. The highest BCUT2D eigenvalue weighted by atomic mass is 19.1. The lowest BCUT2D eigenvalue weighted by atomic mass is 9.98. The van der Waals surface area contributed by atoms with Gasteiger partial charge in [-0.1, -0.05) is 6.07 Å². The summed E-state index contributed by atoms with van der Waals surface area (Å²) >= 11 is 0. The van der Waals surface area contributed by atoms with Crippen molar-refractivity contribution in [2.45, 2.75) is 26.7 Å². The normalized spacial score (nSPS) is 14.0. The summed E-state index contributed by atoms with van der Waals surface area (Å²) < 4.78 is 16.2. The van der Waals surface area contributed by atoms with E-state index in [9.17, 15) is 9.18 Å². The second kappa shape index (κ2) is 5.65. The lowest BCUT2D eigenvalue weighted by molar-refractivity contribution is 0.0984. The van der Waals surface area contributed by atoms with E-state index < -0.39 is 0 Å². The first kappa shape index (κ1) is 15.7. The van der Waals surface area contributed by atoms with Gasteiger partial charge in [-0.25, -0.2) is 9.37 Å². The van der Waals surface area contributed by atoms with Crippen LogP contribution in [0.25, 0.3) is 11.0 Å². The fourth-order valence-corrected chi connectivity index (χ4v) is 3.62. The maximum absolute atomic E-state index is 14.6. The Morgan fingerprint density at radius 1 is 1.24 bits per heavy atom. The minimum absolute atomic E-state index is 0.221. The van der Waals surface area contributed by atoms with Crippen molar-refractivity contribution in [1.82, 2.24) is 14.8 Å². The highest BCUT2D eigenvalue weighted by Gasteiger charge is 2.27. The third kappa shape index (κ3) is 2.49. The largest absolute Gasteiger partial charge is 0.305 e. The molecule has 0 fully saturated rings. The minimum atomic E-state index is -0.338. The van der Waals surface area contributed by atoms with E-state index in [0.29, 0.717) is 17.8 Å². The summed E-state index contributed by atoms with van der Waals surface area (Å²) in [6.45, 7) is 4.26. The van der Waals surface area contributed by atoms with Gasteiger partial charge in [-0.15, -0.1) is 0 Å². The Morgan fingerprint density at radius 3 is 2.84 bits per heavy atom. The monoisotopic (exact) mass is 338 g/mol. The van der Waals surface area contributed by atoms with E-state index in [4.69, 9.17) is 0 Å². The van der Waals surface area contributed by atoms with E-state index in [-0.39, 0.29) is 11.7 Å². The highest BCUT2D eigenvalue weighted by Crippen LogP contribution is 2.32. The van der Waals surface area contributed by atoms with Gasteiger partial charge >= 0.3 is 0 Å². The molecule has 0 N–H and O–H groups in total. The summed E-state index contributed by atoms with van der Waals surface area (Å²) in [5.74, 6) is -0.559. The molecule has 6 heteroatoms.